The van der Waals surface area contributed by atoms with E-state index in [4.69, 9.17) is 16.3 Å². The third-order valence-corrected chi connectivity index (χ3v) is 4.74. The molecule has 1 heterocycles. The number of halogens is 1. The summed E-state index contributed by atoms with van der Waals surface area (Å²) in [6, 6.07) is 14.6. The van der Waals surface area contributed by atoms with E-state index >= 15 is 0 Å². The van der Waals surface area contributed by atoms with Crippen LogP contribution in [-0.4, -0.2) is 17.5 Å². The number of benzene rings is 2. The predicted octanol–water partition coefficient (Wildman–Crippen LogP) is 5.89. The summed E-state index contributed by atoms with van der Waals surface area (Å²) in [7, 11) is 0. The number of carbonyl (C=O) groups excluding carboxylic acids is 1. The third kappa shape index (κ3) is 4.84. The lowest BCUT2D eigenvalue weighted by molar-refractivity contribution is 0.102. The molecule has 0 atom stereocenters. The van der Waals surface area contributed by atoms with Crippen LogP contribution in [0.15, 0.2) is 53.9 Å². The van der Waals surface area contributed by atoms with Crippen molar-refractivity contribution >= 4 is 34.0 Å². The van der Waals surface area contributed by atoms with Crippen LogP contribution in [0.4, 0.5) is 5.13 Å². The largest absolute Gasteiger partial charge is 0.494 e. The minimum absolute atomic E-state index is 0.206. The van der Waals surface area contributed by atoms with Crippen molar-refractivity contribution in [2.24, 2.45) is 0 Å². The van der Waals surface area contributed by atoms with Gasteiger partial charge in [0.1, 0.15) is 5.75 Å². The van der Waals surface area contributed by atoms with Gasteiger partial charge in [-0.15, -0.1) is 11.3 Å². The molecule has 0 aliphatic rings. The van der Waals surface area contributed by atoms with Crippen LogP contribution in [0.2, 0.25) is 5.02 Å². The second-order valence-electron chi connectivity index (χ2n) is 5.73. The van der Waals surface area contributed by atoms with Crippen molar-refractivity contribution in [1.82, 2.24) is 4.98 Å². The zero-order valence-electron chi connectivity index (χ0n) is 14.4. The predicted molar refractivity (Wildman–Crippen MR) is 107 cm³/mol. The fraction of sp³-hybridized carbons (Fsp3) is 0.200. The molecule has 0 spiro atoms. The number of unbranched alkanes of at least 4 members (excludes halogenated alkanes) is 1. The maximum Gasteiger partial charge on any atom is 0.257 e. The van der Waals surface area contributed by atoms with E-state index in [9.17, 15) is 4.79 Å². The number of amides is 1. The summed E-state index contributed by atoms with van der Waals surface area (Å²) < 4.78 is 5.66. The maximum absolute atomic E-state index is 12.5. The first-order chi connectivity index (χ1) is 12.7. The van der Waals surface area contributed by atoms with Gasteiger partial charge in [0, 0.05) is 21.5 Å². The Hall–Kier alpha value is -2.37. The fourth-order valence-electron chi connectivity index (χ4n) is 2.32. The van der Waals surface area contributed by atoms with Crippen LogP contribution in [0, 0.1) is 0 Å². The Labute approximate surface area is 161 Å². The second-order valence-corrected chi connectivity index (χ2v) is 7.02. The summed E-state index contributed by atoms with van der Waals surface area (Å²) >= 11 is 7.29. The Bertz CT molecular complexity index is 878. The van der Waals surface area contributed by atoms with Gasteiger partial charge in [-0.1, -0.05) is 43.1 Å². The Morgan fingerprint density at radius 1 is 1.23 bits per heavy atom. The van der Waals surface area contributed by atoms with E-state index in [1.807, 2.05) is 41.8 Å². The first-order valence-electron chi connectivity index (χ1n) is 8.41. The van der Waals surface area contributed by atoms with E-state index in [1.165, 1.54) is 11.3 Å². The standard InChI is InChI=1S/C20H19ClN2O2S/c1-2-3-11-25-17-6-4-5-15(12-17)19(24)23-20-22-18(13-26-20)14-7-9-16(21)10-8-14/h4-10,12-13H,2-3,11H2,1H3,(H,22,23,24). The lowest BCUT2D eigenvalue weighted by Crippen LogP contribution is -2.11. The summed E-state index contributed by atoms with van der Waals surface area (Å²) in [6.45, 7) is 2.76. The Morgan fingerprint density at radius 2 is 2.04 bits per heavy atom. The summed E-state index contributed by atoms with van der Waals surface area (Å²) in [5.74, 6) is 0.495. The highest BCUT2D eigenvalue weighted by molar-refractivity contribution is 7.14. The number of nitrogens with zero attached hydrogens (tertiary/aromatic N) is 1. The summed E-state index contributed by atoms with van der Waals surface area (Å²) in [6.07, 6.45) is 2.06. The van der Waals surface area contributed by atoms with Crippen LogP contribution in [0.1, 0.15) is 30.1 Å². The van der Waals surface area contributed by atoms with Gasteiger partial charge in [0.05, 0.1) is 12.3 Å². The van der Waals surface area contributed by atoms with Crippen LogP contribution in [0.5, 0.6) is 5.75 Å². The third-order valence-electron chi connectivity index (χ3n) is 3.73. The van der Waals surface area contributed by atoms with Gasteiger partial charge in [-0.3, -0.25) is 10.1 Å². The van der Waals surface area contributed by atoms with Gasteiger partial charge in [-0.05, 0) is 36.8 Å². The molecule has 0 radical (unpaired) electrons. The molecule has 1 aromatic heterocycles. The van der Waals surface area contributed by atoms with E-state index in [0.717, 1.165) is 24.1 Å². The first-order valence-corrected chi connectivity index (χ1v) is 9.67. The lowest BCUT2D eigenvalue weighted by atomic mass is 10.2. The molecule has 0 saturated carbocycles. The number of anilines is 1. The molecule has 3 rings (SSSR count). The van der Waals surface area contributed by atoms with Crippen molar-refractivity contribution in [2.75, 3.05) is 11.9 Å². The lowest BCUT2D eigenvalue weighted by Gasteiger charge is -2.07. The molecule has 134 valence electrons. The number of aromatic nitrogens is 1. The highest BCUT2D eigenvalue weighted by atomic mass is 35.5. The average Bonchev–Trinajstić information content (AvgIpc) is 3.11. The molecule has 1 N–H and O–H groups in total. The molecule has 0 aliphatic carbocycles. The van der Waals surface area contributed by atoms with Crippen LogP contribution < -0.4 is 10.1 Å². The highest BCUT2D eigenvalue weighted by Gasteiger charge is 2.11. The van der Waals surface area contributed by atoms with Crippen molar-refractivity contribution in [3.05, 3.63) is 64.5 Å². The van der Waals surface area contributed by atoms with Gasteiger partial charge in [-0.2, -0.15) is 0 Å². The molecule has 0 fully saturated rings. The van der Waals surface area contributed by atoms with Gasteiger partial charge < -0.3 is 4.74 Å². The average molecular weight is 387 g/mol. The maximum atomic E-state index is 12.5. The normalized spacial score (nSPS) is 10.5. The molecule has 6 heteroatoms. The number of thiazole rings is 1. The van der Waals surface area contributed by atoms with Crippen molar-refractivity contribution in [3.63, 3.8) is 0 Å². The molecular weight excluding hydrogens is 368 g/mol. The Morgan fingerprint density at radius 3 is 2.81 bits per heavy atom. The summed E-state index contributed by atoms with van der Waals surface area (Å²) in [4.78, 5) is 16.9. The summed E-state index contributed by atoms with van der Waals surface area (Å²) in [5, 5.41) is 5.98. The van der Waals surface area contributed by atoms with Crippen molar-refractivity contribution < 1.29 is 9.53 Å². The van der Waals surface area contributed by atoms with Gasteiger partial charge in [-0.25, -0.2) is 4.98 Å². The second kappa shape index (κ2) is 8.83. The molecule has 4 nitrogen and oxygen atoms in total. The number of rotatable bonds is 7. The molecule has 3 aromatic rings. The Kier molecular flexibility index (Phi) is 6.26. The van der Waals surface area contributed by atoms with Gasteiger partial charge >= 0.3 is 0 Å². The molecule has 0 aliphatic heterocycles. The number of hydrogen-bond acceptors (Lipinski definition) is 4. The zero-order valence-corrected chi connectivity index (χ0v) is 15.9. The number of ether oxygens (including phenoxy) is 1. The minimum atomic E-state index is -0.206. The molecule has 26 heavy (non-hydrogen) atoms. The quantitative estimate of drug-likeness (QED) is 0.514. The molecule has 1 amide bonds. The highest BCUT2D eigenvalue weighted by Crippen LogP contribution is 2.26. The topological polar surface area (TPSA) is 51.2 Å². The minimum Gasteiger partial charge on any atom is -0.494 e. The Balaban J connectivity index is 1.66. The summed E-state index contributed by atoms with van der Waals surface area (Å²) in [5.41, 5.74) is 2.30. The van der Waals surface area contributed by atoms with E-state index in [1.54, 1.807) is 12.1 Å². The van der Waals surface area contributed by atoms with Crippen molar-refractivity contribution in [2.45, 2.75) is 19.8 Å². The van der Waals surface area contributed by atoms with E-state index in [-0.39, 0.29) is 5.91 Å². The number of hydrogen-bond donors (Lipinski definition) is 1. The van der Waals surface area contributed by atoms with Crippen LogP contribution in [-0.2, 0) is 0 Å². The monoisotopic (exact) mass is 386 g/mol. The van der Waals surface area contributed by atoms with Crippen LogP contribution >= 0.6 is 22.9 Å². The molecule has 2 aromatic carbocycles. The van der Waals surface area contributed by atoms with Crippen LogP contribution in [0.25, 0.3) is 11.3 Å². The number of carbonyl (C=O) groups is 1. The van der Waals surface area contributed by atoms with Gasteiger partial charge in [0.25, 0.3) is 5.91 Å². The van der Waals surface area contributed by atoms with Gasteiger partial charge in [0.15, 0.2) is 5.13 Å². The molecule has 0 bridgehead atoms. The van der Waals surface area contributed by atoms with Crippen molar-refractivity contribution in [3.8, 4) is 17.0 Å². The van der Waals surface area contributed by atoms with E-state index in [0.29, 0.717) is 28.1 Å². The van der Waals surface area contributed by atoms with Crippen molar-refractivity contribution in [1.29, 1.82) is 0 Å². The zero-order chi connectivity index (χ0) is 18.4. The van der Waals surface area contributed by atoms with Gasteiger partial charge in [0.2, 0.25) is 0 Å². The van der Waals surface area contributed by atoms with Crippen LogP contribution in [0.3, 0.4) is 0 Å². The fourth-order valence-corrected chi connectivity index (χ4v) is 3.16. The van der Waals surface area contributed by atoms with E-state index in [2.05, 4.69) is 17.2 Å². The SMILES string of the molecule is CCCCOc1cccc(C(=O)Nc2nc(-c3ccc(Cl)cc3)cs2)c1. The molecule has 0 saturated heterocycles. The number of nitrogens with one attached hydrogen (secondary N) is 1. The van der Waals surface area contributed by atoms with E-state index < -0.39 is 0 Å². The molecule has 0 unspecified atom stereocenters. The smallest absolute Gasteiger partial charge is 0.257 e. The first kappa shape index (κ1) is 18.4. The molecular formula is C20H19ClN2O2S.